The largest absolute Gasteiger partial charge is 0.493 e. The van der Waals surface area contributed by atoms with Gasteiger partial charge in [0.05, 0.1) is 24.4 Å². The van der Waals surface area contributed by atoms with Crippen LogP contribution in [0.3, 0.4) is 0 Å². The zero-order valence-electron chi connectivity index (χ0n) is 17.5. The molecule has 0 bridgehead atoms. The number of para-hydroxylation sites is 1. The zero-order chi connectivity index (χ0) is 21.7. The van der Waals surface area contributed by atoms with Gasteiger partial charge in [0.2, 0.25) is 5.91 Å². The number of carbonyl (C=O) groups excluding carboxylic acids is 2. The van der Waals surface area contributed by atoms with Crippen molar-refractivity contribution in [3.8, 4) is 17.0 Å². The molecule has 7 heteroatoms. The van der Waals surface area contributed by atoms with E-state index in [4.69, 9.17) is 4.74 Å². The molecule has 3 aromatic rings. The third-order valence-electron chi connectivity index (χ3n) is 4.52. The van der Waals surface area contributed by atoms with Crippen molar-refractivity contribution in [3.63, 3.8) is 0 Å². The average molecular weight is 424 g/mol. The Morgan fingerprint density at radius 1 is 1.10 bits per heavy atom. The van der Waals surface area contributed by atoms with Gasteiger partial charge in [-0.05, 0) is 51.0 Å². The molecule has 0 fully saturated rings. The number of aromatic nitrogens is 1. The van der Waals surface area contributed by atoms with Crippen molar-refractivity contribution in [2.75, 3.05) is 18.5 Å². The number of nitrogens with zero attached hydrogens (tertiary/aromatic N) is 1. The first kappa shape index (κ1) is 21.5. The summed E-state index contributed by atoms with van der Waals surface area (Å²) in [7, 11) is 0. The highest BCUT2D eigenvalue weighted by Gasteiger charge is 2.15. The Kier molecular flexibility index (Phi) is 6.84. The second-order valence-corrected chi connectivity index (χ2v) is 7.83. The second kappa shape index (κ2) is 9.54. The molecule has 2 N–H and O–H groups in total. The summed E-state index contributed by atoms with van der Waals surface area (Å²) in [4.78, 5) is 29.2. The van der Waals surface area contributed by atoms with Crippen molar-refractivity contribution in [1.82, 2.24) is 10.3 Å². The summed E-state index contributed by atoms with van der Waals surface area (Å²) >= 11 is 1.36. The van der Waals surface area contributed by atoms with E-state index in [1.54, 1.807) is 24.3 Å². The monoisotopic (exact) mass is 423 g/mol. The highest BCUT2D eigenvalue weighted by Crippen LogP contribution is 2.31. The molecular weight excluding hydrogens is 398 g/mol. The first-order valence-corrected chi connectivity index (χ1v) is 10.6. The van der Waals surface area contributed by atoms with Crippen LogP contribution in [-0.2, 0) is 4.79 Å². The van der Waals surface area contributed by atoms with Crippen molar-refractivity contribution >= 4 is 28.3 Å². The van der Waals surface area contributed by atoms with Gasteiger partial charge in [-0.1, -0.05) is 29.8 Å². The first-order chi connectivity index (χ1) is 14.4. The molecule has 0 aliphatic rings. The molecule has 6 nitrogen and oxygen atoms in total. The fourth-order valence-corrected chi connectivity index (χ4v) is 4.10. The summed E-state index contributed by atoms with van der Waals surface area (Å²) in [5.41, 5.74) is 5.82. The SMILES string of the molecule is CCOc1ccccc1C(=O)NCC(=O)Nc1nc(-c2c(C)cc(C)cc2C)cs1. The van der Waals surface area contributed by atoms with E-state index in [0.29, 0.717) is 23.1 Å². The van der Waals surface area contributed by atoms with Crippen LogP contribution in [0.15, 0.2) is 41.8 Å². The highest BCUT2D eigenvalue weighted by atomic mass is 32.1. The fraction of sp³-hybridized carbons (Fsp3) is 0.261. The maximum atomic E-state index is 12.4. The Hall–Kier alpha value is -3.19. The lowest BCUT2D eigenvalue weighted by Crippen LogP contribution is -2.33. The molecule has 1 heterocycles. The van der Waals surface area contributed by atoms with E-state index in [1.807, 2.05) is 12.3 Å². The smallest absolute Gasteiger partial charge is 0.255 e. The Labute approximate surface area is 180 Å². The predicted octanol–water partition coefficient (Wildman–Crippen LogP) is 4.50. The average Bonchev–Trinajstić information content (AvgIpc) is 3.14. The predicted molar refractivity (Wildman–Crippen MR) is 120 cm³/mol. The number of rotatable bonds is 7. The first-order valence-electron chi connectivity index (χ1n) is 9.72. The Bertz CT molecular complexity index is 1050. The lowest BCUT2D eigenvalue weighted by Gasteiger charge is -2.10. The standard InChI is InChI=1S/C23H25N3O3S/c1-5-29-19-9-7-6-8-17(19)22(28)24-12-20(27)26-23-25-18(13-30-23)21-15(3)10-14(2)11-16(21)4/h6-11,13H,5,12H2,1-4H3,(H,24,28)(H,25,26,27). The van der Waals surface area contributed by atoms with Crippen LogP contribution < -0.4 is 15.4 Å². The molecular formula is C23H25N3O3S. The fourth-order valence-electron chi connectivity index (χ4n) is 3.38. The highest BCUT2D eigenvalue weighted by molar-refractivity contribution is 7.14. The number of aryl methyl sites for hydroxylation is 3. The van der Waals surface area contributed by atoms with Gasteiger partial charge in [0.15, 0.2) is 5.13 Å². The molecule has 3 rings (SSSR count). The normalized spacial score (nSPS) is 10.5. The van der Waals surface area contributed by atoms with Crippen LogP contribution in [0.5, 0.6) is 5.75 Å². The number of amides is 2. The van der Waals surface area contributed by atoms with Crippen LogP contribution in [-0.4, -0.2) is 29.9 Å². The molecule has 0 saturated heterocycles. The maximum absolute atomic E-state index is 12.4. The summed E-state index contributed by atoms with van der Waals surface area (Å²) in [6, 6.07) is 11.2. The molecule has 0 atom stereocenters. The van der Waals surface area contributed by atoms with Gasteiger partial charge in [0.25, 0.3) is 5.91 Å². The minimum Gasteiger partial charge on any atom is -0.493 e. The molecule has 2 aromatic carbocycles. The number of hydrogen-bond donors (Lipinski definition) is 2. The summed E-state index contributed by atoms with van der Waals surface area (Å²) in [6.07, 6.45) is 0. The summed E-state index contributed by atoms with van der Waals surface area (Å²) < 4.78 is 5.46. The van der Waals surface area contributed by atoms with Crippen LogP contribution in [0.4, 0.5) is 5.13 Å². The van der Waals surface area contributed by atoms with Crippen molar-refractivity contribution in [3.05, 3.63) is 64.0 Å². The molecule has 0 radical (unpaired) electrons. The van der Waals surface area contributed by atoms with Gasteiger partial charge in [-0.25, -0.2) is 4.98 Å². The molecule has 0 saturated carbocycles. The third kappa shape index (κ3) is 5.04. The van der Waals surface area contributed by atoms with Gasteiger partial charge in [-0.3, -0.25) is 9.59 Å². The molecule has 156 valence electrons. The molecule has 1 aromatic heterocycles. The van der Waals surface area contributed by atoms with Crippen molar-refractivity contribution in [2.45, 2.75) is 27.7 Å². The lowest BCUT2D eigenvalue weighted by molar-refractivity contribution is -0.115. The lowest BCUT2D eigenvalue weighted by atomic mass is 9.98. The van der Waals surface area contributed by atoms with Gasteiger partial charge in [0.1, 0.15) is 5.75 Å². The van der Waals surface area contributed by atoms with E-state index in [-0.39, 0.29) is 18.4 Å². The van der Waals surface area contributed by atoms with Crippen molar-refractivity contribution < 1.29 is 14.3 Å². The quantitative estimate of drug-likeness (QED) is 0.586. The zero-order valence-corrected chi connectivity index (χ0v) is 18.4. The van der Waals surface area contributed by atoms with Crippen LogP contribution in [0.25, 0.3) is 11.3 Å². The summed E-state index contributed by atoms with van der Waals surface area (Å²) in [6.45, 7) is 8.33. The van der Waals surface area contributed by atoms with Gasteiger partial charge in [-0.15, -0.1) is 11.3 Å². The van der Waals surface area contributed by atoms with Gasteiger partial charge in [0, 0.05) is 10.9 Å². The number of benzene rings is 2. The number of thiazole rings is 1. The topological polar surface area (TPSA) is 80.3 Å². The number of ether oxygens (including phenoxy) is 1. The van der Waals surface area contributed by atoms with E-state index in [9.17, 15) is 9.59 Å². The number of carbonyl (C=O) groups is 2. The van der Waals surface area contributed by atoms with Gasteiger partial charge >= 0.3 is 0 Å². The Morgan fingerprint density at radius 3 is 2.50 bits per heavy atom. The van der Waals surface area contributed by atoms with E-state index in [1.165, 1.54) is 16.9 Å². The van der Waals surface area contributed by atoms with Crippen molar-refractivity contribution in [1.29, 1.82) is 0 Å². The van der Waals surface area contributed by atoms with E-state index >= 15 is 0 Å². The minimum absolute atomic E-state index is 0.156. The van der Waals surface area contributed by atoms with Gasteiger partial charge in [-0.2, -0.15) is 0 Å². The molecule has 30 heavy (non-hydrogen) atoms. The Balaban J connectivity index is 1.62. The van der Waals surface area contributed by atoms with Crippen LogP contribution >= 0.6 is 11.3 Å². The minimum atomic E-state index is -0.361. The second-order valence-electron chi connectivity index (χ2n) is 6.97. The Morgan fingerprint density at radius 2 is 1.80 bits per heavy atom. The van der Waals surface area contributed by atoms with Crippen LogP contribution in [0, 0.1) is 20.8 Å². The van der Waals surface area contributed by atoms with Gasteiger partial charge < -0.3 is 15.4 Å². The number of nitrogens with one attached hydrogen (secondary N) is 2. The van der Waals surface area contributed by atoms with Crippen LogP contribution in [0.2, 0.25) is 0 Å². The van der Waals surface area contributed by atoms with Crippen LogP contribution in [0.1, 0.15) is 34.0 Å². The summed E-state index contributed by atoms with van der Waals surface area (Å²) in [5, 5.41) is 7.80. The van der Waals surface area contributed by atoms with E-state index in [0.717, 1.165) is 22.4 Å². The number of hydrogen-bond acceptors (Lipinski definition) is 5. The molecule has 0 aliphatic heterocycles. The molecule has 2 amide bonds. The molecule has 0 unspecified atom stereocenters. The molecule has 0 spiro atoms. The van der Waals surface area contributed by atoms with Crippen molar-refractivity contribution in [2.24, 2.45) is 0 Å². The van der Waals surface area contributed by atoms with E-state index in [2.05, 4.69) is 48.5 Å². The summed E-state index contributed by atoms with van der Waals surface area (Å²) in [5.74, 6) is -0.207. The maximum Gasteiger partial charge on any atom is 0.255 e. The van der Waals surface area contributed by atoms with E-state index < -0.39 is 0 Å². The molecule has 0 aliphatic carbocycles. The third-order valence-corrected chi connectivity index (χ3v) is 5.28. The number of anilines is 1.